The number of Topliss-reactive ketones (excluding diaryl/α,β-unsaturated/α-hetero) is 1. The van der Waals surface area contributed by atoms with Crippen LogP contribution in [0.2, 0.25) is 0 Å². The van der Waals surface area contributed by atoms with Crippen LogP contribution in [0.5, 0.6) is 0 Å². The van der Waals surface area contributed by atoms with Gasteiger partial charge in [0.25, 0.3) is 0 Å². The van der Waals surface area contributed by atoms with Gasteiger partial charge in [0.05, 0.1) is 12.7 Å². The molecule has 0 unspecified atom stereocenters. The Balaban J connectivity index is 3.76. The van der Waals surface area contributed by atoms with E-state index in [1.54, 1.807) is 0 Å². The van der Waals surface area contributed by atoms with Crippen molar-refractivity contribution in [3.05, 3.63) is 0 Å². The third kappa shape index (κ3) is 3.82. The molecule has 0 aromatic carbocycles. The summed E-state index contributed by atoms with van der Waals surface area (Å²) in [5.41, 5.74) is 0. The zero-order valence-electron chi connectivity index (χ0n) is 5.80. The molecule has 5 nitrogen and oxygen atoms in total. The monoisotopic (exact) mass is 162 g/mol. The average Bonchev–Trinajstić information content (AvgIpc) is 2.02. The third-order valence-corrected chi connectivity index (χ3v) is 1.15. The number of carbonyl (C=O) groups excluding carboxylic acids is 2. The van der Waals surface area contributed by atoms with Crippen molar-refractivity contribution in [3.63, 3.8) is 0 Å². The fraction of sp³-hybridized carbons (Fsp3) is 0.667. The molecule has 0 heterocycles. The third-order valence-electron chi connectivity index (χ3n) is 1.15. The molecule has 0 rings (SSSR count). The van der Waals surface area contributed by atoms with E-state index in [9.17, 15) is 9.59 Å². The molecule has 0 aliphatic carbocycles. The van der Waals surface area contributed by atoms with Gasteiger partial charge in [0.15, 0.2) is 6.29 Å². The zero-order chi connectivity index (χ0) is 8.85. The van der Waals surface area contributed by atoms with E-state index in [1.165, 1.54) is 0 Å². The molecule has 0 saturated heterocycles. The Morgan fingerprint density at radius 3 is 2.36 bits per heavy atom. The van der Waals surface area contributed by atoms with E-state index in [2.05, 4.69) is 0 Å². The fourth-order valence-electron chi connectivity index (χ4n) is 0.527. The Bertz CT molecular complexity index is 144. The van der Waals surface area contributed by atoms with Crippen LogP contribution in [0.15, 0.2) is 0 Å². The maximum absolute atomic E-state index is 10.4. The van der Waals surface area contributed by atoms with Crippen molar-refractivity contribution in [1.82, 2.24) is 0 Å². The van der Waals surface area contributed by atoms with Gasteiger partial charge < -0.3 is 15.3 Å². The first kappa shape index (κ1) is 10.2. The first-order chi connectivity index (χ1) is 5.11. The summed E-state index contributed by atoms with van der Waals surface area (Å²) in [4.78, 5) is 20.1. The van der Waals surface area contributed by atoms with Gasteiger partial charge in [0.1, 0.15) is 6.10 Å². The predicted octanol–water partition coefficient (Wildman–Crippen LogP) is -2.14. The Kier molecular flexibility index (Phi) is 4.60. The summed E-state index contributed by atoms with van der Waals surface area (Å²) >= 11 is 0. The van der Waals surface area contributed by atoms with Gasteiger partial charge in [-0.2, -0.15) is 0 Å². The Labute approximate surface area is 63.3 Å². The molecule has 11 heavy (non-hydrogen) atoms. The molecule has 64 valence electrons. The van der Waals surface area contributed by atoms with Crippen molar-refractivity contribution in [1.29, 1.82) is 0 Å². The largest absolute Gasteiger partial charge is 0.394 e. The van der Waals surface area contributed by atoms with Gasteiger partial charge in [-0.15, -0.1) is 0 Å². The molecule has 0 aliphatic rings. The summed E-state index contributed by atoms with van der Waals surface area (Å²) in [7, 11) is 0. The highest BCUT2D eigenvalue weighted by Crippen LogP contribution is 1.97. The lowest BCUT2D eigenvalue weighted by atomic mass is 10.1. The number of carbonyl (C=O) groups is 2. The summed E-state index contributed by atoms with van der Waals surface area (Å²) in [6, 6.07) is 0. The van der Waals surface area contributed by atoms with E-state index >= 15 is 0 Å². The molecule has 0 aliphatic heterocycles. The molecule has 0 radical (unpaired) electrons. The molecular weight excluding hydrogens is 152 g/mol. The lowest BCUT2D eigenvalue weighted by Gasteiger charge is -2.09. The standard InChI is InChI=1S/C6H10O5/c7-2-4(9)1-5(10)6(11)3-8/h3-5,7,9-10H,1-2H2/t4-,5-/m1/s1. The van der Waals surface area contributed by atoms with Crippen molar-refractivity contribution in [2.45, 2.75) is 18.6 Å². The highest BCUT2D eigenvalue weighted by atomic mass is 16.3. The Hall–Kier alpha value is -0.780. The summed E-state index contributed by atoms with van der Waals surface area (Å²) in [5, 5.41) is 25.7. The van der Waals surface area contributed by atoms with Gasteiger partial charge in [-0.25, -0.2) is 0 Å². The van der Waals surface area contributed by atoms with E-state index in [4.69, 9.17) is 15.3 Å². The molecular formula is C6H10O5. The van der Waals surface area contributed by atoms with Crippen LogP contribution in [0, 0.1) is 0 Å². The minimum atomic E-state index is -1.50. The summed E-state index contributed by atoms with van der Waals surface area (Å²) in [6.45, 7) is -0.538. The highest BCUT2D eigenvalue weighted by molar-refractivity contribution is 6.26. The second-order valence-electron chi connectivity index (χ2n) is 2.11. The van der Waals surface area contributed by atoms with E-state index in [1.807, 2.05) is 0 Å². The number of hydrogen-bond donors (Lipinski definition) is 3. The number of rotatable bonds is 5. The Morgan fingerprint density at radius 1 is 1.45 bits per heavy atom. The van der Waals surface area contributed by atoms with Gasteiger partial charge >= 0.3 is 0 Å². The molecule has 0 bridgehead atoms. The van der Waals surface area contributed by atoms with Gasteiger partial charge in [-0.05, 0) is 0 Å². The van der Waals surface area contributed by atoms with Crippen LogP contribution in [-0.2, 0) is 9.59 Å². The van der Waals surface area contributed by atoms with Crippen molar-refractivity contribution in [2.24, 2.45) is 0 Å². The van der Waals surface area contributed by atoms with E-state index in [0.717, 1.165) is 0 Å². The van der Waals surface area contributed by atoms with Crippen molar-refractivity contribution in [3.8, 4) is 0 Å². The van der Waals surface area contributed by atoms with E-state index in [-0.39, 0.29) is 12.7 Å². The molecule has 0 fully saturated rings. The van der Waals surface area contributed by atoms with Gasteiger partial charge in [-0.1, -0.05) is 0 Å². The smallest absolute Gasteiger partial charge is 0.223 e. The molecule has 0 aromatic heterocycles. The second kappa shape index (κ2) is 4.95. The van der Waals surface area contributed by atoms with Crippen LogP contribution in [0.4, 0.5) is 0 Å². The topological polar surface area (TPSA) is 94.8 Å². The van der Waals surface area contributed by atoms with Crippen LogP contribution >= 0.6 is 0 Å². The van der Waals surface area contributed by atoms with Crippen LogP contribution in [0.1, 0.15) is 6.42 Å². The first-order valence-corrected chi connectivity index (χ1v) is 3.07. The second-order valence-corrected chi connectivity index (χ2v) is 2.11. The fourth-order valence-corrected chi connectivity index (χ4v) is 0.527. The van der Waals surface area contributed by atoms with Crippen molar-refractivity contribution < 1.29 is 24.9 Å². The Morgan fingerprint density at radius 2 is 2.00 bits per heavy atom. The SMILES string of the molecule is O=CC(=O)[C@H](O)C[C@@H](O)CO. The predicted molar refractivity (Wildman–Crippen MR) is 34.8 cm³/mol. The normalized spacial score (nSPS) is 15.5. The molecule has 0 saturated carbocycles. The van der Waals surface area contributed by atoms with Crippen LogP contribution in [0.3, 0.4) is 0 Å². The summed E-state index contributed by atoms with van der Waals surface area (Å²) < 4.78 is 0. The zero-order valence-corrected chi connectivity index (χ0v) is 5.80. The maximum atomic E-state index is 10.4. The van der Waals surface area contributed by atoms with E-state index < -0.39 is 24.6 Å². The van der Waals surface area contributed by atoms with Crippen LogP contribution in [0.25, 0.3) is 0 Å². The first-order valence-electron chi connectivity index (χ1n) is 3.07. The van der Waals surface area contributed by atoms with Crippen molar-refractivity contribution in [2.75, 3.05) is 6.61 Å². The van der Waals surface area contributed by atoms with Gasteiger partial charge in [-0.3, -0.25) is 9.59 Å². The maximum Gasteiger partial charge on any atom is 0.223 e. The lowest BCUT2D eigenvalue weighted by molar-refractivity contribution is -0.136. The number of ketones is 1. The quantitative estimate of drug-likeness (QED) is 0.317. The summed E-state index contributed by atoms with van der Waals surface area (Å²) in [5.74, 6) is -0.988. The molecule has 5 heteroatoms. The lowest BCUT2D eigenvalue weighted by Crippen LogP contribution is -2.28. The number of aldehydes is 1. The van der Waals surface area contributed by atoms with Crippen LogP contribution < -0.4 is 0 Å². The highest BCUT2D eigenvalue weighted by Gasteiger charge is 2.17. The minimum Gasteiger partial charge on any atom is -0.394 e. The minimum absolute atomic E-state index is 0.0191. The molecule has 0 amide bonds. The van der Waals surface area contributed by atoms with Crippen molar-refractivity contribution >= 4 is 12.1 Å². The van der Waals surface area contributed by atoms with Gasteiger partial charge in [0.2, 0.25) is 5.78 Å². The molecule has 3 N–H and O–H groups in total. The van der Waals surface area contributed by atoms with Gasteiger partial charge in [0, 0.05) is 6.42 Å². The molecule has 0 spiro atoms. The average molecular weight is 162 g/mol. The van der Waals surface area contributed by atoms with Crippen LogP contribution in [-0.4, -0.2) is 46.2 Å². The number of aliphatic hydroxyl groups excluding tert-OH is 3. The van der Waals surface area contributed by atoms with E-state index in [0.29, 0.717) is 0 Å². The number of hydrogen-bond acceptors (Lipinski definition) is 5. The molecule has 2 atom stereocenters. The summed E-state index contributed by atoms with van der Waals surface area (Å²) in [6.07, 6.45) is -2.99. The molecule has 0 aromatic rings. The number of aliphatic hydroxyl groups is 3.